The van der Waals surface area contributed by atoms with Crippen LogP contribution in [0.3, 0.4) is 0 Å². The quantitative estimate of drug-likeness (QED) is 0.891. The molecule has 1 aromatic carbocycles. The number of H-pyrrole nitrogens is 1. The van der Waals surface area contributed by atoms with E-state index in [2.05, 4.69) is 4.98 Å². The maximum Gasteiger partial charge on any atom is 0.341 e. The molecule has 0 aliphatic heterocycles. The predicted octanol–water partition coefficient (Wildman–Crippen LogP) is 2.44. The normalized spacial score (nSPS) is 10.4. The molecule has 0 saturated heterocycles. The van der Waals surface area contributed by atoms with Gasteiger partial charge < -0.3 is 10.1 Å². The molecule has 4 nitrogen and oxygen atoms in total. The number of aryl methyl sites for hydroxylation is 1. The number of carboxylic acid groups (broad SMARTS) is 1. The summed E-state index contributed by atoms with van der Waals surface area (Å²) in [4.78, 5) is 25.1. The summed E-state index contributed by atoms with van der Waals surface area (Å²) >= 11 is 0. The number of carboxylic acids is 1. The maximum atomic E-state index is 12.9. The van der Waals surface area contributed by atoms with Crippen LogP contribution in [0.25, 0.3) is 11.3 Å². The fraction of sp³-hybridized carbons (Fsp3) is 0.143. The first-order valence-corrected chi connectivity index (χ1v) is 5.78. The molecule has 0 spiro atoms. The van der Waals surface area contributed by atoms with Crippen molar-refractivity contribution < 1.29 is 14.3 Å². The molecule has 0 radical (unpaired) electrons. The lowest BCUT2D eigenvalue weighted by Gasteiger charge is -2.09. The second-order valence-electron chi connectivity index (χ2n) is 4.08. The molecule has 0 saturated carbocycles. The number of aromatic nitrogens is 1. The number of aromatic carboxylic acids is 1. The van der Waals surface area contributed by atoms with Gasteiger partial charge in [-0.25, -0.2) is 9.18 Å². The van der Waals surface area contributed by atoms with E-state index in [1.165, 1.54) is 18.2 Å². The minimum atomic E-state index is -1.26. The molecule has 98 valence electrons. The number of halogens is 1. The first kappa shape index (κ1) is 13.0. The van der Waals surface area contributed by atoms with E-state index < -0.39 is 11.5 Å². The molecule has 0 fully saturated rings. The van der Waals surface area contributed by atoms with Crippen molar-refractivity contribution in [2.24, 2.45) is 0 Å². The van der Waals surface area contributed by atoms with Gasteiger partial charge in [-0.3, -0.25) is 4.79 Å². The number of rotatable bonds is 3. The van der Waals surface area contributed by atoms with Gasteiger partial charge >= 0.3 is 5.97 Å². The highest BCUT2D eigenvalue weighted by atomic mass is 19.1. The molecule has 2 rings (SSSR count). The average molecular weight is 261 g/mol. The van der Waals surface area contributed by atoms with E-state index >= 15 is 0 Å². The van der Waals surface area contributed by atoms with E-state index in [1.54, 1.807) is 12.1 Å². The van der Waals surface area contributed by atoms with Gasteiger partial charge in [0.15, 0.2) is 0 Å². The Kier molecular flexibility index (Phi) is 3.46. The van der Waals surface area contributed by atoms with Crippen molar-refractivity contribution in [2.45, 2.75) is 13.3 Å². The van der Waals surface area contributed by atoms with Crippen LogP contribution in [0, 0.1) is 5.82 Å². The summed E-state index contributed by atoms with van der Waals surface area (Å²) in [6.45, 7) is 1.85. The molecule has 0 amide bonds. The number of benzene rings is 1. The van der Waals surface area contributed by atoms with Crippen LogP contribution in [0.15, 0.2) is 35.1 Å². The molecule has 1 heterocycles. The second-order valence-corrected chi connectivity index (χ2v) is 4.08. The van der Waals surface area contributed by atoms with Crippen molar-refractivity contribution in [1.29, 1.82) is 0 Å². The third-order valence-corrected chi connectivity index (χ3v) is 2.87. The summed E-state index contributed by atoms with van der Waals surface area (Å²) in [5.41, 5.74) is 0.917. The molecule has 0 atom stereocenters. The molecule has 0 aliphatic rings. The Bertz CT molecular complexity index is 674. The van der Waals surface area contributed by atoms with Gasteiger partial charge in [0, 0.05) is 0 Å². The molecule has 2 N–H and O–H groups in total. The molecule has 1 aromatic heterocycles. The molecule has 0 unspecified atom stereocenters. The fourth-order valence-electron chi connectivity index (χ4n) is 1.88. The van der Waals surface area contributed by atoms with Crippen LogP contribution in [-0.4, -0.2) is 16.1 Å². The predicted molar refractivity (Wildman–Crippen MR) is 68.8 cm³/mol. The standard InChI is InChI=1S/C14H12FNO3/c1-2-8-7-11(14(18)19)13(17)16-12(8)9-3-5-10(15)6-4-9/h3-7H,2H2,1H3,(H,16,17)(H,18,19). The van der Waals surface area contributed by atoms with E-state index in [1.807, 2.05) is 6.92 Å². The van der Waals surface area contributed by atoms with Gasteiger partial charge in [-0.05, 0) is 47.9 Å². The molecule has 19 heavy (non-hydrogen) atoms. The summed E-state index contributed by atoms with van der Waals surface area (Å²) in [6, 6.07) is 7.02. The highest BCUT2D eigenvalue weighted by molar-refractivity contribution is 5.88. The van der Waals surface area contributed by atoms with Gasteiger partial charge in [0.05, 0.1) is 5.69 Å². The highest BCUT2D eigenvalue weighted by Crippen LogP contribution is 2.21. The van der Waals surface area contributed by atoms with Crippen molar-refractivity contribution in [2.75, 3.05) is 0 Å². The Balaban J connectivity index is 2.63. The van der Waals surface area contributed by atoms with Crippen LogP contribution < -0.4 is 5.56 Å². The molecule has 0 aliphatic carbocycles. The minimum absolute atomic E-state index is 0.289. The summed E-state index contributed by atoms with van der Waals surface area (Å²) in [5, 5.41) is 8.91. The van der Waals surface area contributed by atoms with Gasteiger partial charge in [-0.1, -0.05) is 6.92 Å². The van der Waals surface area contributed by atoms with Crippen molar-refractivity contribution in [3.8, 4) is 11.3 Å². The lowest BCUT2D eigenvalue weighted by Crippen LogP contribution is -2.19. The van der Waals surface area contributed by atoms with E-state index in [0.29, 0.717) is 23.2 Å². The van der Waals surface area contributed by atoms with Crippen molar-refractivity contribution in [1.82, 2.24) is 4.98 Å². The Labute approximate surface area is 108 Å². The van der Waals surface area contributed by atoms with E-state index in [-0.39, 0.29) is 11.4 Å². The average Bonchev–Trinajstić information content (AvgIpc) is 2.39. The monoisotopic (exact) mass is 261 g/mol. The Morgan fingerprint density at radius 3 is 2.47 bits per heavy atom. The van der Waals surface area contributed by atoms with Gasteiger partial charge in [0.2, 0.25) is 0 Å². The van der Waals surface area contributed by atoms with E-state index in [9.17, 15) is 14.0 Å². The number of carbonyl (C=O) groups is 1. The van der Waals surface area contributed by atoms with E-state index in [4.69, 9.17) is 5.11 Å². The third kappa shape index (κ3) is 2.54. The third-order valence-electron chi connectivity index (χ3n) is 2.87. The minimum Gasteiger partial charge on any atom is -0.477 e. The van der Waals surface area contributed by atoms with Gasteiger partial charge in [-0.2, -0.15) is 0 Å². The number of pyridine rings is 1. The lowest BCUT2D eigenvalue weighted by molar-refractivity contribution is 0.0695. The largest absolute Gasteiger partial charge is 0.477 e. The first-order valence-electron chi connectivity index (χ1n) is 5.78. The summed E-state index contributed by atoms with van der Waals surface area (Å²) < 4.78 is 12.9. The van der Waals surface area contributed by atoms with Gasteiger partial charge in [-0.15, -0.1) is 0 Å². The zero-order chi connectivity index (χ0) is 14.0. The SMILES string of the molecule is CCc1cc(C(=O)O)c(=O)[nH]c1-c1ccc(F)cc1. The van der Waals surface area contributed by atoms with Crippen molar-refractivity contribution in [3.05, 3.63) is 57.6 Å². The Morgan fingerprint density at radius 2 is 1.95 bits per heavy atom. The van der Waals surface area contributed by atoms with E-state index in [0.717, 1.165) is 0 Å². The summed E-state index contributed by atoms with van der Waals surface area (Å²) in [5.74, 6) is -1.63. The lowest BCUT2D eigenvalue weighted by atomic mass is 10.0. The van der Waals surface area contributed by atoms with Crippen LogP contribution in [-0.2, 0) is 6.42 Å². The summed E-state index contributed by atoms with van der Waals surface area (Å²) in [6.07, 6.45) is 0.559. The topological polar surface area (TPSA) is 70.2 Å². The van der Waals surface area contributed by atoms with Crippen LogP contribution in [0.2, 0.25) is 0 Å². The van der Waals surface area contributed by atoms with Gasteiger partial charge in [0.25, 0.3) is 5.56 Å². The molecule has 5 heteroatoms. The van der Waals surface area contributed by atoms with Crippen LogP contribution >= 0.6 is 0 Å². The van der Waals surface area contributed by atoms with Crippen LogP contribution in [0.5, 0.6) is 0 Å². The first-order chi connectivity index (χ1) is 9.02. The van der Waals surface area contributed by atoms with Crippen LogP contribution in [0.4, 0.5) is 4.39 Å². The number of aromatic amines is 1. The number of nitrogens with one attached hydrogen (secondary N) is 1. The second kappa shape index (κ2) is 5.06. The molecular formula is C14H12FNO3. The van der Waals surface area contributed by atoms with Gasteiger partial charge in [0.1, 0.15) is 11.4 Å². The fourth-order valence-corrected chi connectivity index (χ4v) is 1.88. The molecule has 2 aromatic rings. The maximum absolute atomic E-state index is 12.9. The van der Waals surface area contributed by atoms with Crippen molar-refractivity contribution in [3.63, 3.8) is 0 Å². The van der Waals surface area contributed by atoms with Crippen molar-refractivity contribution >= 4 is 5.97 Å². The zero-order valence-electron chi connectivity index (χ0n) is 10.2. The number of hydrogen-bond donors (Lipinski definition) is 2. The summed E-state index contributed by atoms with van der Waals surface area (Å²) in [7, 11) is 0. The molecule has 0 bridgehead atoms. The zero-order valence-corrected chi connectivity index (χ0v) is 10.2. The number of hydrogen-bond acceptors (Lipinski definition) is 2. The molecular weight excluding hydrogens is 249 g/mol. The van der Waals surface area contributed by atoms with Crippen LogP contribution in [0.1, 0.15) is 22.8 Å². The Hall–Kier alpha value is -2.43. The smallest absolute Gasteiger partial charge is 0.341 e. The highest BCUT2D eigenvalue weighted by Gasteiger charge is 2.13. The Morgan fingerprint density at radius 1 is 1.32 bits per heavy atom.